The molecule has 1 atom stereocenters. The smallest absolute Gasteiger partial charge is 0.152 e. The Labute approximate surface area is 229 Å². The summed E-state index contributed by atoms with van der Waals surface area (Å²) in [5.74, 6) is 0.644. The summed E-state index contributed by atoms with van der Waals surface area (Å²) in [5, 5.41) is 3.86. The van der Waals surface area contributed by atoms with E-state index in [-0.39, 0.29) is 5.83 Å². The largest absolute Gasteiger partial charge is 0.363 e. The maximum Gasteiger partial charge on any atom is 0.152 e. The molecule has 1 aromatic heterocycles. The van der Waals surface area contributed by atoms with E-state index in [1.165, 1.54) is 12.2 Å². The molecule has 202 valence electrons. The molecule has 0 saturated carbocycles. The first-order valence-corrected chi connectivity index (χ1v) is 13.7. The molecule has 0 spiro atoms. The zero-order chi connectivity index (χ0) is 27.6. The highest BCUT2D eigenvalue weighted by Gasteiger charge is 2.12. The van der Waals surface area contributed by atoms with E-state index in [9.17, 15) is 4.39 Å². The lowest BCUT2D eigenvalue weighted by atomic mass is 10.1. The van der Waals surface area contributed by atoms with Crippen LogP contribution in [0, 0.1) is 5.92 Å². The van der Waals surface area contributed by atoms with Crippen LogP contribution in [-0.4, -0.2) is 17.0 Å². The monoisotopic (exact) mass is 526 g/mol. The minimum atomic E-state index is -0.297. The van der Waals surface area contributed by atoms with Crippen molar-refractivity contribution in [3.05, 3.63) is 87.8 Å². The van der Waals surface area contributed by atoms with Gasteiger partial charge >= 0.3 is 0 Å². The lowest BCUT2D eigenvalue weighted by molar-refractivity contribution is 0.664. The second-order valence-corrected chi connectivity index (χ2v) is 9.51. The van der Waals surface area contributed by atoms with Crippen molar-refractivity contribution in [2.45, 2.75) is 87.1 Å². The summed E-state index contributed by atoms with van der Waals surface area (Å²) >= 11 is 6.10. The molecule has 0 amide bonds. The number of allylic oxidation sites excluding steroid dienone is 7. The van der Waals surface area contributed by atoms with E-state index in [1.54, 1.807) is 6.07 Å². The van der Waals surface area contributed by atoms with Crippen LogP contribution in [0.1, 0.15) is 86.3 Å². The standard InChI is InChI=1S/C31H44ClFN4/c1-8-12-14-16-26(33)20-25(11-4)28(18-13-9-2)37-31(30(23(5)6)34-21-24(7)10-3)35-22-27-17-15-19-29(32)36-27/h11,14-21,24H,8-10,12-13,22H2,1-7H3,(H,35,37)/b16-14+,25-11+,26-20+,28-18+,34-21-. The Kier molecular flexibility index (Phi) is 16.1. The van der Waals surface area contributed by atoms with E-state index in [2.05, 4.69) is 44.1 Å². The summed E-state index contributed by atoms with van der Waals surface area (Å²) in [7, 11) is 0. The Hall–Kier alpha value is -2.79. The predicted molar refractivity (Wildman–Crippen MR) is 160 cm³/mol. The topological polar surface area (TPSA) is 49.6 Å². The molecule has 0 fully saturated rings. The third-order valence-corrected chi connectivity index (χ3v) is 5.71. The number of rotatable bonds is 14. The van der Waals surface area contributed by atoms with Crippen molar-refractivity contribution >= 4 is 23.7 Å². The second-order valence-electron chi connectivity index (χ2n) is 9.12. The van der Waals surface area contributed by atoms with E-state index < -0.39 is 0 Å². The number of amidine groups is 1. The van der Waals surface area contributed by atoms with Gasteiger partial charge in [-0.25, -0.2) is 14.4 Å². The van der Waals surface area contributed by atoms with Crippen LogP contribution in [0.25, 0.3) is 0 Å². The number of hydrogen-bond acceptors (Lipinski definition) is 3. The molecule has 37 heavy (non-hydrogen) atoms. The highest BCUT2D eigenvalue weighted by Crippen LogP contribution is 2.21. The third kappa shape index (κ3) is 12.8. The molecule has 0 saturated heterocycles. The Morgan fingerprint density at radius 1 is 1.16 bits per heavy atom. The fourth-order valence-corrected chi connectivity index (χ4v) is 3.31. The van der Waals surface area contributed by atoms with Gasteiger partial charge in [0.25, 0.3) is 0 Å². The van der Waals surface area contributed by atoms with Crippen molar-refractivity contribution < 1.29 is 4.39 Å². The van der Waals surface area contributed by atoms with Crippen molar-refractivity contribution in [1.82, 2.24) is 10.3 Å². The van der Waals surface area contributed by atoms with Crippen molar-refractivity contribution in [3.8, 4) is 0 Å². The van der Waals surface area contributed by atoms with Gasteiger partial charge in [-0.1, -0.05) is 76.4 Å². The number of pyridine rings is 1. The van der Waals surface area contributed by atoms with E-state index in [0.29, 0.717) is 34.7 Å². The molecular formula is C31H44ClFN4. The summed E-state index contributed by atoms with van der Waals surface area (Å²) in [6.45, 7) is 14.8. The first-order chi connectivity index (χ1) is 17.7. The molecule has 0 bridgehead atoms. The van der Waals surface area contributed by atoms with Crippen LogP contribution < -0.4 is 5.32 Å². The molecular weight excluding hydrogens is 483 g/mol. The van der Waals surface area contributed by atoms with Gasteiger partial charge in [0.05, 0.1) is 17.9 Å². The minimum Gasteiger partial charge on any atom is -0.363 e. The van der Waals surface area contributed by atoms with Crippen LogP contribution in [0.2, 0.25) is 5.15 Å². The van der Waals surface area contributed by atoms with Crippen molar-refractivity contribution in [3.63, 3.8) is 0 Å². The lowest BCUT2D eigenvalue weighted by Crippen LogP contribution is -2.26. The summed E-state index contributed by atoms with van der Waals surface area (Å²) < 4.78 is 14.7. The van der Waals surface area contributed by atoms with Crippen LogP contribution >= 0.6 is 11.6 Å². The summed E-state index contributed by atoms with van der Waals surface area (Å²) in [6, 6.07) is 5.53. The van der Waals surface area contributed by atoms with Gasteiger partial charge < -0.3 is 5.32 Å². The van der Waals surface area contributed by atoms with Crippen molar-refractivity contribution in [2.24, 2.45) is 15.9 Å². The molecule has 0 aliphatic rings. The Bertz CT molecular complexity index is 1060. The first-order valence-electron chi connectivity index (χ1n) is 13.3. The third-order valence-electron chi connectivity index (χ3n) is 5.50. The molecule has 0 radical (unpaired) electrons. The average Bonchev–Trinajstić information content (AvgIpc) is 2.87. The van der Waals surface area contributed by atoms with E-state index in [1.807, 2.05) is 51.3 Å². The van der Waals surface area contributed by atoms with Gasteiger partial charge in [0.1, 0.15) is 16.7 Å². The average molecular weight is 527 g/mol. The number of aliphatic imine (C=N–C) groups is 2. The molecule has 0 aromatic carbocycles. The number of aromatic nitrogens is 1. The molecule has 6 heteroatoms. The molecule has 4 nitrogen and oxygen atoms in total. The Morgan fingerprint density at radius 2 is 1.89 bits per heavy atom. The minimum absolute atomic E-state index is 0.297. The van der Waals surface area contributed by atoms with Gasteiger partial charge in [0, 0.05) is 6.21 Å². The van der Waals surface area contributed by atoms with Crippen molar-refractivity contribution in [1.29, 1.82) is 0 Å². The van der Waals surface area contributed by atoms with E-state index >= 15 is 0 Å². The van der Waals surface area contributed by atoms with Gasteiger partial charge in [-0.05, 0) is 81.4 Å². The summed E-state index contributed by atoms with van der Waals surface area (Å²) in [4.78, 5) is 14.2. The molecule has 1 heterocycles. The van der Waals surface area contributed by atoms with Crippen LogP contribution in [-0.2, 0) is 6.54 Å². The number of nitrogens with one attached hydrogen (secondary N) is 1. The maximum absolute atomic E-state index is 14.7. The predicted octanol–water partition coefficient (Wildman–Crippen LogP) is 9.47. The molecule has 0 aliphatic carbocycles. The van der Waals surface area contributed by atoms with Gasteiger partial charge in [-0.3, -0.25) is 4.99 Å². The van der Waals surface area contributed by atoms with Gasteiger partial charge in [-0.2, -0.15) is 0 Å². The quantitative estimate of drug-likeness (QED) is 0.113. The summed E-state index contributed by atoms with van der Waals surface area (Å²) in [6.07, 6.45) is 15.4. The molecule has 0 aliphatic heterocycles. The molecule has 1 aromatic rings. The fourth-order valence-electron chi connectivity index (χ4n) is 3.13. The lowest BCUT2D eigenvalue weighted by Gasteiger charge is -2.15. The number of unbranched alkanes of at least 4 members (excludes halogenated alkanes) is 2. The highest BCUT2D eigenvalue weighted by atomic mass is 35.5. The zero-order valence-corrected chi connectivity index (χ0v) is 24.4. The van der Waals surface area contributed by atoms with Crippen LogP contribution in [0.3, 0.4) is 0 Å². The van der Waals surface area contributed by atoms with Gasteiger partial charge in [0.2, 0.25) is 0 Å². The Balaban J connectivity index is 3.60. The fraction of sp³-hybridized carbons (Fsp3) is 0.452. The van der Waals surface area contributed by atoms with E-state index in [4.69, 9.17) is 21.6 Å². The highest BCUT2D eigenvalue weighted by molar-refractivity contribution is 6.29. The Morgan fingerprint density at radius 3 is 2.49 bits per heavy atom. The maximum atomic E-state index is 14.7. The van der Waals surface area contributed by atoms with Crippen LogP contribution in [0.5, 0.6) is 0 Å². The van der Waals surface area contributed by atoms with Crippen LogP contribution in [0.4, 0.5) is 4.39 Å². The molecule has 1 unspecified atom stereocenters. The summed E-state index contributed by atoms with van der Waals surface area (Å²) in [5.41, 5.74) is 3.98. The van der Waals surface area contributed by atoms with E-state index in [0.717, 1.165) is 49.1 Å². The number of halogens is 2. The van der Waals surface area contributed by atoms with Crippen molar-refractivity contribution in [2.75, 3.05) is 0 Å². The normalized spacial score (nSPS) is 14.5. The SMILES string of the molecule is C/C=C(\C=C(F)/C=C/CCC)C(=C\CCC)/N=C(/NCc1cccc(Cl)n1)C(/N=C\C(C)CC)=C(C)C. The van der Waals surface area contributed by atoms with Gasteiger partial charge in [-0.15, -0.1) is 0 Å². The zero-order valence-electron chi connectivity index (χ0n) is 23.6. The molecule has 1 N–H and O–H groups in total. The second kappa shape index (κ2) is 18.5. The number of nitrogens with zero attached hydrogens (tertiary/aromatic N) is 3. The molecule has 1 rings (SSSR count). The van der Waals surface area contributed by atoms with Gasteiger partial charge in [0.15, 0.2) is 5.84 Å². The van der Waals surface area contributed by atoms with Crippen LogP contribution in [0.15, 0.2) is 86.9 Å². The first kappa shape index (κ1) is 32.2. The number of hydrogen-bond donors (Lipinski definition) is 1.